The van der Waals surface area contributed by atoms with Crippen molar-refractivity contribution in [2.24, 2.45) is 5.92 Å². The minimum atomic E-state index is -0.730. The van der Waals surface area contributed by atoms with Crippen molar-refractivity contribution in [1.29, 1.82) is 0 Å². The van der Waals surface area contributed by atoms with E-state index in [1.54, 1.807) is 27.7 Å². The predicted molar refractivity (Wildman–Crippen MR) is 99.9 cm³/mol. The number of hydrogen-bond acceptors (Lipinski definition) is 6. The molecule has 0 unspecified atom stereocenters. The van der Waals surface area contributed by atoms with Gasteiger partial charge in [0.1, 0.15) is 5.60 Å². The zero-order valence-electron chi connectivity index (χ0n) is 16.3. The molecule has 0 fully saturated rings. The van der Waals surface area contributed by atoms with Crippen molar-refractivity contribution in [3.63, 3.8) is 0 Å². The van der Waals surface area contributed by atoms with Crippen molar-refractivity contribution in [3.05, 3.63) is 46.0 Å². The molecule has 8 nitrogen and oxygen atoms in total. The number of nitrogens with one attached hydrogen (secondary N) is 1. The zero-order valence-corrected chi connectivity index (χ0v) is 16.3. The van der Waals surface area contributed by atoms with Gasteiger partial charge in [-0.2, -0.15) is 0 Å². The van der Waals surface area contributed by atoms with Gasteiger partial charge in [-0.3, -0.25) is 14.9 Å². The van der Waals surface area contributed by atoms with Gasteiger partial charge in [-0.15, -0.1) is 0 Å². The Morgan fingerprint density at radius 1 is 1.22 bits per heavy atom. The summed E-state index contributed by atoms with van der Waals surface area (Å²) in [6, 6.07) is 8.60. The van der Waals surface area contributed by atoms with Crippen LogP contribution in [0.15, 0.2) is 30.3 Å². The maximum atomic E-state index is 12.2. The van der Waals surface area contributed by atoms with Gasteiger partial charge in [0.25, 0.3) is 0 Å². The molecule has 1 amide bonds. The maximum absolute atomic E-state index is 12.2. The number of benzene rings is 1. The Labute approximate surface area is 159 Å². The van der Waals surface area contributed by atoms with Crippen LogP contribution in [-0.2, 0) is 20.7 Å². The van der Waals surface area contributed by atoms with E-state index in [0.717, 1.165) is 5.56 Å². The fourth-order valence-corrected chi connectivity index (χ4v) is 2.62. The molecular weight excluding hydrogens is 352 g/mol. The lowest BCUT2D eigenvalue weighted by atomic mass is 9.90. The number of esters is 1. The molecule has 0 spiro atoms. The Balaban J connectivity index is 3.02. The number of carbonyl (C=O) groups excluding carboxylic acids is 2. The van der Waals surface area contributed by atoms with E-state index in [1.807, 2.05) is 30.3 Å². The third-order valence-electron chi connectivity index (χ3n) is 3.69. The van der Waals surface area contributed by atoms with Crippen LogP contribution in [0.4, 0.5) is 4.79 Å². The summed E-state index contributed by atoms with van der Waals surface area (Å²) in [5, 5.41) is 13.8. The number of hydrogen-bond donors (Lipinski definition) is 1. The molecule has 27 heavy (non-hydrogen) atoms. The predicted octanol–water partition coefficient (Wildman–Crippen LogP) is 2.97. The summed E-state index contributed by atoms with van der Waals surface area (Å²) in [7, 11) is 0. The third-order valence-corrected chi connectivity index (χ3v) is 3.69. The molecule has 0 saturated heterocycles. The van der Waals surface area contributed by atoms with Crippen LogP contribution in [0.2, 0.25) is 0 Å². The van der Waals surface area contributed by atoms with Crippen molar-refractivity contribution in [2.45, 2.75) is 52.2 Å². The molecule has 0 heterocycles. The van der Waals surface area contributed by atoms with Crippen LogP contribution in [0.3, 0.4) is 0 Å². The van der Waals surface area contributed by atoms with Crippen LogP contribution < -0.4 is 5.32 Å². The number of nitro groups is 1. The maximum Gasteiger partial charge on any atom is 0.407 e. The van der Waals surface area contributed by atoms with Crippen LogP contribution in [0, 0.1) is 16.0 Å². The van der Waals surface area contributed by atoms with Crippen LogP contribution in [0.1, 0.15) is 39.7 Å². The lowest BCUT2D eigenvalue weighted by molar-refractivity contribution is -0.488. The summed E-state index contributed by atoms with van der Waals surface area (Å²) in [6.07, 6.45) is -0.513. The van der Waals surface area contributed by atoms with Gasteiger partial charge < -0.3 is 14.8 Å². The SMILES string of the molecule is CCOC(=O)C[C@H](C[N+](=O)[O-])[C@H](Cc1ccccc1)NC(=O)OC(C)(C)C. The standard InChI is InChI=1S/C19H28N2O6/c1-5-26-17(22)12-15(13-21(24)25)16(11-14-9-7-6-8-10-14)20-18(23)27-19(2,3)4/h6-10,15-16H,5,11-13H2,1-4H3,(H,20,23)/t15-,16+/m1/s1. The van der Waals surface area contributed by atoms with E-state index >= 15 is 0 Å². The first-order valence-corrected chi connectivity index (χ1v) is 8.91. The first-order valence-electron chi connectivity index (χ1n) is 8.91. The molecule has 1 rings (SSSR count). The average molecular weight is 380 g/mol. The van der Waals surface area contributed by atoms with Gasteiger partial charge in [-0.25, -0.2) is 4.79 Å². The van der Waals surface area contributed by atoms with E-state index < -0.39 is 41.1 Å². The van der Waals surface area contributed by atoms with Gasteiger partial charge in [-0.1, -0.05) is 30.3 Å². The van der Waals surface area contributed by atoms with E-state index in [2.05, 4.69) is 5.32 Å². The summed E-state index contributed by atoms with van der Waals surface area (Å²) in [4.78, 5) is 34.8. The Morgan fingerprint density at radius 3 is 2.37 bits per heavy atom. The topological polar surface area (TPSA) is 108 Å². The summed E-state index contributed by atoms with van der Waals surface area (Å²) < 4.78 is 10.2. The summed E-state index contributed by atoms with van der Waals surface area (Å²) in [6.45, 7) is 6.57. The highest BCUT2D eigenvalue weighted by atomic mass is 16.6. The Kier molecular flexibility index (Phi) is 8.71. The molecule has 1 aromatic carbocycles. The highest BCUT2D eigenvalue weighted by molar-refractivity contribution is 5.71. The smallest absolute Gasteiger partial charge is 0.407 e. The summed E-state index contributed by atoms with van der Waals surface area (Å²) in [5.74, 6) is -1.26. The second-order valence-corrected chi connectivity index (χ2v) is 7.23. The van der Waals surface area contributed by atoms with Gasteiger partial charge in [0, 0.05) is 11.0 Å². The zero-order chi connectivity index (χ0) is 20.4. The molecule has 0 aromatic heterocycles. The van der Waals surface area contributed by atoms with Crippen LogP contribution >= 0.6 is 0 Å². The molecule has 0 saturated carbocycles. The number of amides is 1. The van der Waals surface area contributed by atoms with Gasteiger partial charge >= 0.3 is 12.1 Å². The van der Waals surface area contributed by atoms with E-state index in [9.17, 15) is 19.7 Å². The normalized spacial score (nSPS) is 13.3. The minimum Gasteiger partial charge on any atom is -0.466 e. The molecule has 1 N–H and O–H groups in total. The number of rotatable bonds is 9. The largest absolute Gasteiger partial charge is 0.466 e. The second kappa shape index (κ2) is 10.5. The number of alkyl carbamates (subject to hydrolysis) is 1. The summed E-state index contributed by atoms with van der Waals surface area (Å²) >= 11 is 0. The molecule has 0 aliphatic rings. The first kappa shape index (κ1) is 22.4. The van der Waals surface area contributed by atoms with Crippen LogP contribution in [-0.4, -0.2) is 41.8 Å². The van der Waals surface area contributed by atoms with E-state index in [-0.39, 0.29) is 13.0 Å². The van der Waals surface area contributed by atoms with E-state index in [4.69, 9.17) is 9.47 Å². The van der Waals surface area contributed by atoms with E-state index in [0.29, 0.717) is 6.42 Å². The molecule has 150 valence electrons. The molecule has 0 radical (unpaired) electrons. The van der Waals surface area contributed by atoms with Crippen LogP contribution in [0.5, 0.6) is 0 Å². The van der Waals surface area contributed by atoms with Gasteiger partial charge in [0.05, 0.1) is 18.9 Å². The highest BCUT2D eigenvalue weighted by Crippen LogP contribution is 2.17. The lowest BCUT2D eigenvalue weighted by Gasteiger charge is -2.27. The first-order chi connectivity index (χ1) is 12.6. The third kappa shape index (κ3) is 9.58. The Bertz CT molecular complexity index is 627. The number of nitrogens with zero attached hydrogens (tertiary/aromatic N) is 1. The second-order valence-electron chi connectivity index (χ2n) is 7.23. The fourth-order valence-electron chi connectivity index (χ4n) is 2.62. The summed E-state index contributed by atoms with van der Waals surface area (Å²) in [5.41, 5.74) is 0.178. The highest BCUT2D eigenvalue weighted by Gasteiger charge is 2.32. The minimum absolute atomic E-state index is 0.165. The van der Waals surface area contributed by atoms with Crippen molar-refractivity contribution < 1.29 is 24.0 Å². The molecule has 0 aliphatic carbocycles. The number of carbonyl (C=O) groups is 2. The van der Waals surface area contributed by atoms with Crippen LogP contribution in [0.25, 0.3) is 0 Å². The van der Waals surface area contributed by atoms with Gasteiger partial charge in [0.15, 0.2) is 0 Å². The quantitative estimate of drug-likeness (QED) is 0.401. The van der Waals surface area contributed by atoms with E-state index in [1.165, 1.54) is 0 Å². The molecule has 8 heteroatoms. The molecular formula is C19H28N2O6. The molecule has 2 atom stereocenters. The van der Waals surface area contributed by atoms with Crippen molar-refractivity contribution in [3.8, 4) is 0 Å². The Morgan fingerprint density at radius 2 is 1.85 bits per heavy atom. The Hall–Kier alpha value is -2.64. The monoisotopic (exact) mass is 380 g/mol. The number of ether oxygens (including phenoxy) is 2. The lowest BCUT2D eigenvalue weighted by Crippen LogP contribution is -2.46. The van der Waals surface area contributed by atoms with Crippen molar-refractivity contribution >= 4 is 12.1 Å². The molecule has 1 aromatic rings. The average Bonchev–Trinajstić information content (AvgIpc) is 2.52. The van der Waals surface area contributed by atoms with Crippen molar-refractivity contribution in [2.75, 3.05) is 13.2 Å². The van der Waals surface area contributed by atoms with Crippen molar-refractivity contribution in [1.82, 2.24) is 5.32 Å². The fraction of sp³-hybridized carbons (Fsp3) is 0.579. The molecule has 0 bridgehead atoms. The van der Waals surface area contributed by atoms with Gasteiger partial charge in [-0.05, 0) is 39.7 Å². The van der Waals surface area contributed by atoms with Gasteiger partial charge in [0.2, 0.25) is 6.54 Å². The molecule has 0 aliphatic heterocycles.